The van der Waals surface area contributed by atoms with Crippen molar-refractivity contribution in [3.63, 3.8) is 0 Å². The number of nitrogens with two attached hydrogens (primary N) is 1. The van der Waals surface area contributed by atoms with Crippen molar-refractivity contribution < 1.29 is 0 Å². The van der Waals surface area contributed by atoms with Gasteiger partial charge in [-0.3, -0.25) is 0 Å². The number of rotatable bonds is 3. The smallest absolute Gasteiger partial charge is 0.0250 e. The van der Waals surface area contributed by atoms with Crippen molar-refractivity contribution in [3.05, 3.63) is 12.4 Å². The van der Waals surface area contributed by atoms with Gasteiger partial charge in [0.2, 0.25) is 0 Å². The summed E-state index contributed by atoms with van der Waals surface area (Å²) in [6.45, 7) is 6.47. The van der Waals surface area contributed by atoms with Crippen molar-refractivity contribution >= 4 is 0 Å². The van der Waals surface area contributed by atoms with E-state index in [9.17, 15) is 0 Å². The van der Waals surface area contributed by atoms with Crippen molar-refractivity contribution in [1.29, 1.82) is 0 Å². The van der Waals surface area contributed by atoms with Gasteiger partial charge in [0, 0.05) is 18.4 Å². The summed E-state index contributed by atoms with van der Waals surface area (Å²) in [6, 6.07) is 0.504. The van der Waals surface area contributed by atoms with Crippen LogP contribution in [-0.4, -0.2) is 6.04 Å². The van der Waals surface area contributed by atoms with E-state index in [1.165, 1.54) is 6.20 Å². The first-order valence-corrected chi connectivity index (χ1v) is 3.31. The zero-order valence-corrected chi connectivity index (χ0v) is 6.39. The maximum absolute atomic E-state index is 5.13. The molecule has 0 fully saturated rings. The van der Waals surface area contributed by atoms with Gasteiger partial charge in [-0.25, -0.2) is 0 Å². The van der Waals surface area contributed by atoms with Gasteiger partial charge in [0.05, 0.1) is 0 Å². The zero-order valence-electron chi connectivity index (χ0n) is 6.39. The quantitative estimate of drug-likeness (QED) is 0.596. The maximum Gasteiger partial charge on any atom is 0.0250 e. The highest BCUT2D eigenvalue weighted by Crippen LogP contribution is 1.98. The van der Waals surface area contributed by atoms with Crippen LogP contribution < -0.4 is 11.1 Å². The SMILES string of the molecule is CC(C)C(C)N/C=C\N. The predicted molar refractivity (Wildman–Crippen MR) is 40.8 cm³/mol. The molecule has 2 heteroatoms. The molecule has 0 amide bonds. The minimum atomic E-state index is 0.504. The molecule has 1 unspecified atom stereocenters. The van der Waals surface area contributed by atoms with E-state index in [2.05, 4.69) is 26.1 Å². The topological polar surface area (TPSA) is 38.0 Å². The van der Waals surface area contributed by atoms with Crippen LogP contribution in [0.5, 0.6) is 0 Å². The first-order valence-electron chi connectivity index (χ1n) is 3.31. The van der Waals surface area contributed by atoms with Gasteiger partial charge in [0.15, 0.2) is 0 Å². The summed E-state index contributed by atoms with van der Waals surface area (Å²) in [6.07, 6.45) is 3.28. The van der Waals surface area contributed by atoms with Crippen molar-refractivity contribution in [2.45, 2.75) is 26.8 Å². The summed E-state index contributed by atoms with van der Waals surface area (Å²) in [5.41, 5.74) is 5.13. The molecule has 0 aliphatic rings. The Kier molecular flexibility index (Phi) is 3.93. The Morgan fingerprint density at radius 3 is 2.22 bits per heavy atom. The third-order valence-corrected chi connectivity index (χ3v) is 1.46. The molecule has 0 radical (unpaired) electrons. The van der Waals surface area contributed by atoms with Gasteiger partial charge < -0.3 is 11.1 Å². The highest BCUT2D eigenvalue weighted by molar-refractivity contribution is 4.77. The molecule has 0 rings (SSSR count). The van der Waals surface area contributed by atoms with Crippen molar-refractivity contribution in [3.8, 4) is 0 Å². The average molecular weight is 128 g/mol. The van der Waals surface area contributed by atoms with E-state index in [0.717, 1.165) is 0 Å². The normalized spacial score (nSPS) is 14.7. The van der Waals surface area contributed by atoms with Crippen molar-refractivity contribution in [2.24, 2.45) is 11.7 Å². The van der Waals surface area contributed by atoms with Gasteiger partial charge in [0.1, 0.15) is 0 Å². The van der Waals surface area contributed by atoms with Crippen LogP contribution in [0.15, 0.2) is 12.4 Å². The van der Waals surface area contributed by atoms with Crippen LogP contribution in [0.25, 0.3) is 0 Å². The Morgan fingerprint density at radius 1 is 1.33 bits per heavy atom. The van der Waals surface area contributed by atoms with Crippen LogP contribution in [0.1, 0.15) is 20.8 Å². The Labute approximate surface area is 57.1 Å². The second kappa shape index (κ2) is 4.24. The fourth-order valence-electron chi connectivity index (χ4n) is 0.400. The van der Waals surface area contributed by atoms with E-state index >= 15 is 0 Å². The second-order valence-electron chi connectivity index (χ2n) is 2.56. The third-order valence-electron chi connectivity index (χ3n) is 1.46. The lowest BCUT2D eigenvalue weighted by Gasteiger charge is -2.14. The Hall–Kier alpha value is -0.660. The standard InChI is InChI=1S/C7H16N2/c1-6(2)7(3)9-5-4-8/h4-7,9H,8H2,1-3H3/b5-4-. The van der Waals surface area contributed by atoms with Gasteiger partial charge in [-0.15, -0.1) is 0 Å². The molecular weight excluding hydrogens is 112 g/mol. The predicted octanol–water partition coefficient (Wildman–Crippen LogP) is 1.05. The minimum Gasteiger partial charge on any atom is -0.403 e. The number of nitrogens with one attached hydrogen (secondary N) is 1. The molecule has 1 atom stereocenters. The molecular formula is C7H16N2. The molecule has 0 spiro atoms. The second-order valence-corrected chi connectivity index (χ2v) is 2.56. The fourth-order valence-corrected chi connectivity index (χ4v) is 0.400. The van der Waals surface area contributed by atoms with Crippen molar-refractivity contribution in [1.82, 2.24) is 5.32 Å². The molecule has 0 saturated carbocycles. The van der Waals surface area contributed by atoms with E-state index < -0.39 is 0 Å². The van der Waals surface area contributed by atoms with Crippen LogP contribution in [0.2, 0.25) is 0 Å². The lowest BCUT2D eigenvalue weighted by molar-refractivity contribution is 0.473. The average Bonchev–Trinajstić information content (AvgIpc) is 1.82. The van der Waals surface area contributed by atoms with E-state index in [0.29, 0.717) is 12.0 Å². The molecule has 2 nitrogen and oxygen atoms in total. The summed E-state index contributed by atoms with van der Waals surface area (Å²) in [5.74, 6) is 0.654. The summed E-state index contributed by atoms with van der Waals surface area (Å²) in [4.78, 5) is 0. The number of hydrogen-bond donors (Lipinski definition) is 2. The van der Waals surface area contributed by atoms with E-state index in [4.69, 9.17) is 5.73 Å². The van der Waals surface area contributed by atoms with Crippen LogP contribution in [0.3, 0.4) is 0 Å². The van der Waals surface area contributed by atoms with Gasteiger partial charge >= 0.3 is 0 Å². The molecule has 3 N–H and O–H groups in total. The molecule has 0 saturated heterocycles. The van der Waals surface area contributed by atoms with E-state index in [1.54, 1.807) is 6.20 Å². The first kappa shape index (κ1) is 8.34. The lowest BCUT2D eigenvalue weighted by atomic mass is 10.1. The lowest BCUT2D eigenvalue weighted by Crippen LogP contribution is -2.26. The van der Waals surface area contributed by atoms with Crippen LogP contribution in [-0.2, 0) is 0 Å². The molecule has 0 aromatic carbocycles. The summed E-state index contributed by atoms with van der Waals surface area (Å²) in [5, 5.41) is 3.13. The summed E-state index contributed by atoms with van der Waals surface area (Å²) >= 11 is 0. The summed E-state index contributed by atoms with van der Waals surface area (Å²) < 4.78 is 0. The Morgan fingerprint density at radius 2 is 1.89 bits per heavy atom. The maximum atomic E-state index is 5.13. The zero-order chi connectivity index (χ0) is 7.28. The molecule has 0 heterocycles. The van der Waals surface area contributed by atoms with E-state index in [-0.39, 0.29) is 0 Å². The van der Waals surface area contributed by atoms with Gasteiger partial charge in [-0.1, -0.05) is 13.8 Å². The highest BCUT2D eigenvalue weighted by Gasteiger charge is 2.01. The van der Waals surface area contributed by atoms with Crippen LogP contribution in [0, 0.1) is 5.92 Å². The van der Waals surface area contributed by atoms with Gasteiger partial charge in [-0.2, -0.15) is 0 Å². The largest absolute Gasteiger partial charge is 0.403 e. The minimum absolute atomic E-state index is 0.504. The molecule has 0 aliphatic carbocycles. The Bertz CT molecular complexity index is 86.9. The van der Waals surface area contributed by atoms with Gasteiger partial charge in [0.25, 0.3) is 0 Å². The van der Waals surface area contributed by atoms with Gasteiger partial charge in [-0.05, 0) is 12.8 Å². The number of hydrogen-bond acceptors (Lipinski definition) is 2. The monoisotopic (exact) mass is 128 g/mol. The fraction of sp³-hybridized carbons (Fsp3) is 0.714. The first-order chi connectivity index (χ1) is 4.18. The summed E-state index contributed by atoms with van der Waals surface area (Å²) in [7, 11) is 0. The van der Waals surface area contributed by atoms with Crippen molar-refractivity contribution in [2.75, 3.05) is 0 Å². The van der Waals surface area contributed by atoms with Crippen LogP contribution >= 0.6 is 0 Å². The molecule has 0 aromatic heterocycles. The third kappa shape index (κ3) is 3.88. The highest BCUT2D eigenvalue weighted by atomic mass is 14.9. The molecule has 0 aromatic rings. The molecule has 54 valence electrons. The molecule has 9 heavy (non-hydrogen) atoms. The van der Waals surface area contributed by atoms with Crippen LogP contribution in [0.4, 0.5) is 0 Å². The molecule has 0 bridgehead atoms. The van der Waals surface area contributed by atoms with E-state index in [1.807, 2.05) is 0 Å². The molecule has 0 aliphatic heterocycles. The Balaban J connectivity index is 3.38.